The number of fused-ring (bicyclic) bond motifs is 1. The van der Waals surface area contributed by atoms with Crippen LogP contribution in [0.2, 0.25) is 0 Å². The molecule has 6 heteroatoms. The summed E-state index contributed by atoms with van der Waals surface area (Å²) in [5.41, 5.74) is 2.68. The first kappa shape index (κ1) is 17.6. The minimum atomic E-state index is -0.569. The lowest BCUT2D eigenvalue weighted by atomic mass is 10.2. The topological polar surface area (TPSA) is 73.5 Å². The number of carbonyl (C=O) groups excluding carboxylic acids is 1. The van der Waals surface area contributed by atoms with Crippen molar-refractivity contribution < 1.29 is 13.9 Å². The Balaban J connectivity index is 1.54. The highest BCUT2D eigenvalue weighted by Crippen LogP contribution is 2.29. The van der Waals surface area contributed by atoms with E-state index < -0.39 is 5.76 Å². The smallest absolute Gasteiger partial charge is 0.420 e. The van der Waals surface area contributed by atoms with Crippen molar-refractivity contribution >= 4 is 22.7 Å². The Labute approximate surface area is 161 Å². The molecule has 1 aromatic heterocycles. The third-order valence-corrected chi connectivity index (χ3v) is 4.29. The van der Waals surface area contributed by atoms with E-state index in [4.69, 9.17) is 9.15 Å². The molecule has 0 saturated heterocycles. The second-order valence-electron chi connectivity index (χ2n) is 6.38. The fraction of sp³-hybridized carbons (Fsp3) is 0.0909. The number of amides is 1. The summed E-state index contributed by atoms with van der Waals surface area (Å²) in [6.07, 6.45) is 0. The number of benzene rings is 3. The largest absolute Gasteiger partial charge is 0.455 e. The minimum absolute atomic E-state index is 0.158. The van der Waals surface area contributed by atoms with Crippen molar-refractivity contribution in [2.24, 2.45) is 0 Å². The molecule has 0 unspecified atom stereocenters. The van der Waals surface area contributed by atoms with Crippen LogP contribution in [-0.2, 0) is 11.3 Å². The van der Waals surface area contributed by atoms with Crippen LogP contribution < -0.4 is 15.8 Å². The number of aryl methyl sites for hydroxylation is 1. The van der Waals surface area contributed by atoms with Gasteiger partial charge in [0, 0.05) is 0 Å². The number of rotatable bonds is 5. The normalized spacial score (nSPS) is 10.8. The van der Waals surface area contributed by atoms with Crippen LogP contribution in [0.15, 0.2) is 82.0 Å². The summed E-state index contributed by atoms with van der Waals surface area (Å²) in [7, 11) is 0. The Hall–Kier alpha value is -3.80. The zero-order valence-electron chi connectivity index (χ0n) is 15.2. The molecule has 140 valence electrons. The molecule has 0 saturated carbocycles. The van der Waals surface area contributed by atoms with Gasteiger partial charge in [-0.25, -0.2) is 4.79 Å². The molecule has 0 aliphatic carbocycles. The molecule has 0 aliphatic rings. The molecule has 0 atom stereocenters. The van der Waals surface area contributed by atoms with Crippen LogP contribution in [0, 0.1) is 6.92 Å². The molecule has 1 amide bonds. The third-order valence-electron chi connectivity index (χ3n) is 4.29. The molecule has 3 aromatic carbocycles. The Morgan fingerprint density at radius 3 is 2.54 bits per heavy atom. The van der Waals surface area contributed by atoms with Gasteiger partial charge < -0.3 is 14.5 Å². The summed E-state index contributed by atoms with van der Waals surface area (Å²) >= 11 is 0. The number of para-hydroxylation sites is 4. The van der Waals surface area contributed by atoms with Gasteiger partial charge in [-0.3, -0.25) is 9.36 Å². The lowest BCUT2D eigenvalue weighted by Gasteiger charge is -2.12. The number of hydrogen-bond donors (Lipinski definition) is 1. The van der Waals surface area contributed by atoms with Crippen molar-refractivity contribution in [1.82, 2.24) is 4.57 Å². The van der Waals surface area contributed by atoms with Crippen LogP contribution in [0.5, 0.6) is 11.5 Å². The first-order valence-corrected chi connectivity index (χ1v) is 8.82. The van der Waals surface area contributed by atoms with Gasteiger partial charge >= 0.3 is 5.76 Å². The predicted octanol–water partition coefficient (Wildman–Crippen LogP) is 4.33. The number of nitrogens with one attached hydrogen (secondary N) is 1. The third kappa shape index (κ3) is 3.66. The van der Waals surface area contributed by atoms with E-state index >= 15 is 0 Å². The average molecular weight is 374 g/mol. The number of oxazole rings is 1. The Kier molecular flexibility index (Phi) is 4.68. The van der Waals surface area contributed by atoms with Crippen molar-refractivity contribution in [2.75, 3.05) is 5.32 Å². The van der Waals surface area contributed by atoms with Gasteiger partial charge in [-0.05, 0) is 43.3 Å². The van der Waals surface area contributed by atoms with Crippen LogP contribution in [-0.4, -0.2) is 10.5 Å². The van der Waals surface area contributed by atoms with Crippen LogP contribution in [0.4, 0.5) is 5.69 Å². The molecule has 0 fully saturated rings. The minimum Gasteiger partial charge on any atom is -0.455 e. The predicted molar refractivity (Wildman–Crippen MR) is 107 cm³/mol. The Bertz CT molecular complexity index is 1190. The number of aromatic nitrogens is 1. The molecule has 0 radical (unpaired) electrons. The molecule has 0 spiro atoms. The second-order valence-corrected chi connectivity index (χ2v) is 6.38. The standard InChI is InChI=1S/C22H18N2O4/c1-15-10-12-16(13-11-15)27-19-8-4-2-6-17(19)23-21(25)14-24-18-7-3-5-9-20(18)28-22(24)26/h2-13H,14H2,1H3,(H,23,25). The summed E-state index contributed by atoms with van der Waals surface area (Å²) in [4.78, 5) is 24.6. The van der Waals surface area contributed by atoms with E-state index in [0.717, 1.165) is 5.56 Å². The maximum absolute atomic E-state index is 12.6. The molecular formula is C22H18N2O4. The van der Waals surface area contributed by atoms with Crippen LogP contribution in [0.3, 0.4) is 0 Å². The molecular weight excluding hydrogens is 356 g/mol. The maximum Gasteiger partial charge on any atom is 0.420 e. The van der Waals surface area contributed by atoms with E-state index in [9.17, 15) is 9.59 Å². The molecule has 28 heavy (non-hydrogen) atoms. The Morgan fingerprint density at radius 2 is 1.71 bits per heavy atom. The van der Waals surface area contributed by atoms with E-state index in [0.29, 0.717) is 28.3 Å². The van der Waals surface area contributed by atoms with Gasteiger partial charge in [-0.2, -0.15) is 0 Å². The van der Waals surface area contributed by atoms with Gasteiger partial charge in [0.05, 0.1) is 11.2 Å². The van der Waals surface area contributed by atoms with Crippen molar-refractivity contribution in [1.29, 1.82) is 0 Å². The van der Waals surface area contributed by atoms with Gasteiger partial charge in [-0.1, -0.05) is 42.0 Å². The van der Waals surface area contributed by atoms with E-state index in [-0.39, 0.29) is 12.5 Å². The van der Waals surface area contributed by atoms with Crippen LogP contribution >= 0.6 is 0 Å². The van der Waals surface area contributed by atoms with Gasteiger partial charge in [-0.15, -0.1) is 0 Å². The Morgan fingerprint density at radius 1 is 1.00 bits per heavy atom. The molecule has 4 aromatic rings. The monoisotopic (exact) mass is 374 g/mol. The zero-order chi connectivity index (χ0) is 19.5. The highest BCUT2D eigenvalue weighted by atomic mass is 16.5. The lowest BCUT2D eigenvalue weighted by Crippen LogP contribution is -2.24. The molecule has 1 heterocycles. The zero-order valence-corrected chi connectivity index (χ0v) is 15.2. The average Bonchev–Trinajstić information content (AvgIpc) is 3.00. The quantitative estimate of drug-likeness (QED) is 0.564. The highest BCUT2D eigenvalue weighted by molar-refractivity contribution is 5.93. The van der Waals surface area contributed by atoms with E-state index in [2.05, 4.69) is 5.32 Å². The molecule has 4 rings (SSSR count). The number of ether oxygens (including phenoxy) is 1. The van der Waals surface area contributed by atoms with Crippen molar-refractivity contribution in [3.05, 3.63) is 88.9 Å². The summed E-state index contributed by atoms with van der Waals surface area (Å²) in [6, 6.07) is 21.8. The second kappa shape index (κ2) is 7.44. The van der Waals surface area contributed by atoms with Crippen molar-refractivity contribution in [2.45, 2.75) is 13.5 Å². The fourth-order valence-electron chi connectivity index (χ4n) is 2.89. The maximum atomic E-state index is 12.6. The van der Waals surface area contributed by atoms with E-state index in [1.54, 1.807) is 42.5 Å². The number of carbonyl (C=O) groups is 1. The van der Waals surface area contributed by atoms with E-state index in [1.807, 2.05) is 37.3 Å². The molecule has 1 N–H and O–H groups in total. The first-order chi connectivity index (χ1) is 13.6. The van der Waals surface area contributed by atoms with Crippen molar-refractivity contribution in [3.8, 4) is 11.5 Å². The summed E-state index contributed by atoms with van der Waals surface area (Å²) in [6.45, 7) is 1.84. The lowest BCUT2D eigenvalue weighted by molar-refractivity contribution is -0.116. The van der Waals surface area contributed by atoms with Crippen LogP contribution in [0.25, 0.3) is 11.1 Å². The molecule has 0 bridgehead atoms. The first-order valence-electron chi connectivity index (χ1n) is 8.82. The van der Waals surface area contributed by atoms with Gasteiger partial charge in [0.2, 0.25) is 5.91 Å². The van der Waals surface area contributed by atoms with Gasteiger partial charge in [0.25, 0.3) is 0 Å². The number of hydrogen-bond acceptors (Lipinski definition) is 4. The fourth-order valence-corrected chi connectivity index (χ4v) is 2.89. The molecule has 0 aliphatic heterocycles. The highest BCUT2D eigenvalue weighted by Gasteiger charge is 2.14. The molecule has 6 nitrogen and oxygen atoms in total. The van der Waals surface area contributed by atoms with Gasteiger partial charge in [0.15, 0.2) is 11.3 Å². The summed E-state index contributed by atoms with van der Waals surface area (Å²) in [5, 5.41) is 2.81. The van der Waals surface area contributed by atoms with E-state index in [1.165, 1.54) is 4.57 Å². The summed E-state index contributed by atoms with van der Waals surface area (Å²) in [5.74, 6) is 0.266. The number of nitrogens with zero attached hydrogens (tertiary/aromatic N) is 1. The van der Waals surface area contributed by atoms with Gasteiger partial charge in [0.1, 0.15) is 12.3 Å². The summed E-state index contributed by atoms with van der Waals surface area (Å²) < 4.78 is 12.4. The SMILES string of the molecule is Cc1ccc(Oc2ccccc2NC(=O)Cn2c(=O)oc3ccccc32)cc1. The van der Waals surface area contributed by atoms with Crippen molar-refractivity contribution in [3.63, 3.8) is 0 Å². The van der Waals surface area contributed by atoms with Crippen LogP contribution in [0.1, 0.15) is 5.56 Å². The number of anilines is 1.